The van der Waals surface area contributed by atoms with E-state index < -0.39 is 5.54 Å². The second-order valence-electron chi connectivity index (χ2n) is 6.56. The van der Waals surface area contributed by atoms with Gasteiger partial charge in [0.25, 0.3) is 0 Å². The first-order valence-corrected chi connectivity index (χ1v) is 8.06. The van der Waals surface area contributed by atoms with Crippen LogP contribution < -0.4 is 10.1 Å². The number of piperidine rings is 1. The van der Waals surface area contributed by atoms with Crippen molar-refractivity contribution in [1.82, 2.24) is 10.2 Å². The van der Waals surface area contributed by atoms with Gasteiger partial charge < -0.3 is 15.0 Å². The van der Waals surface area contributed by atoms with Gasteiger partial charge in [0.05, 0.1) is 18.6 Å². The molecule has 1 amide bonds. The lowest BCUT2D eigenvalue weighted by molar-refractivity contribution is -0.128. The molecule has 0 bridgehead atoms. The van der Waals surface area contributed by atoms with Gasteiger partial charge in [-0.2, -0.15) is 0 Å². The van der Waals surface area contributed by atoms with E-state index in [9.17, 15) is 4.79 Å². The minimum Gasteiger partial charge on any atom is -0.496 e. The molecule has 0 aliphatic carbocycles. The summed E-state index contributed by atoms with van der Waals surface area (Å²) >= 11 is 6.11. The van der Waals surface area contributed by atoms with Crippen molar-refractivity contribution in [3.05, 3.63) is 28.8 Å². The number of halogens is 1. The molecule has 1 atom stereocenters. The van der Waals surface area contributed by atoms with E-state index in [1.165, 1.54) is 0 Å². The van der Waals surface area contributed by atoms with Crippen molar-refractivity contribution in [3.63, 3.8) is 0 Å². The Balaban J connectivity index is 2.16. The highest BCUT2D eigenvalue weighted by atomic mass is 35.5. The molecular formula is C17H25ClN2O2. The van der Waals surface area contributed by atoms with Gasteiger partial charge in [-0.05, 0) is 58.5 Å². The van der Waals surface area contributed by atoms with E-state index >= 15 is 0 Å². The number of benzene rings is 1. The summed E-state index contributed by atoms with van der Waals surface area (Å²) in [5.41, 5.74) is 0.351. The van der Waals surface area contributed by atoms with Crippen molar-refractivity contribution >= 4 is 17.5 Å². The Labute approximate surface area is 137 Å². The molecule has 0 spiro atoms. The molecule has 5 heteroatoms. The van der Waals surface area contributed by atoms with Gasteiger partial charge in [-0.15, -0.1) is 0 Å². The van der Waals surface area contributed by atoms with Gasteiger partial charge in [-0.1, -0.05) is 11.6 Å². The standard InChI is InChI=1S/C17H25ClN2O2/c1-17(2,14-10-13(18)7-8-15(14)22-4)19-16(21)12-6-5-9-20(3)11-12/h7-8,10,12H,5-6,9,11H2,1-4H3,(H,19,21). The highest BCUT2D eigenvalue weighted by Crippen LogP contribution is 2.32. The maximum absolute atomic E-state index is 12.6. The molecule has 1 aliphatic rings. The molecule has 4 nitrogen and oxygen atoms in total. The third-order valence-electron chi connectivity index (χ3n) is 4.27. The van der Waals surface area contributed by atoms with E-state index in [4.69, 9.17) is 16.3 Å². The topological polar surface area (TPSA) is 41.6 Å². The molecule has 1 heterocycles. The lowest BCUT2D eigenvalue weighted by Gasteiger charge is -2.34. The summed E-state index contributed by atoms with van der Waals surface area (Å²) < 4.78 is 5.41. The quantitative estimate of drug-likeness (QED) is 0.925. The number of methoxy groups -OCH3 is 1. The molecule has 1 unspecified atom stereocenters. The fourth-order valence-electron chi connectivity index (χ4n) is 3.03. The van der Waals surface area contributed by atoms with Crippen molar-refractivity contribution in [2.75, 3.05) is 27.2 Å². The zero-order chi connectivity index (χ0) is 16.3. The second kappa shape index (κ2) is 6.88. The molecule has 1 N–H and O–H groups in total. The van der Waals surface area contributed by atoms with E-state index in [1.807, 2.05) is 26.0 Å². The van der Waals surface area contributed by atoms with Crippen molar-refractivity contribution in [2.45, 2.75) is 32.2 Å². The van der Waals surface area contributed by atoms with Gasteiger partial charge in [0, 0.05) is 17.1 Å². The summed E-state index contributed by atoms with van der Waals surface area (Å²) in [6.45, 7) is 5.83. The summed E-state index contributed by atoms with van der Waals surface area (Å²) in [7, 11) is 3.69. The molecule has 2 rings (SSSR count). The largest absolute Gasteiger partial charge is 0.496 e. The van der Waals surface area contributed by atoms with Gasteiger partial charge in [0.15, 0.2) is 0 Å². The number of nitrogens with zero attached hydrogens (tertiary/aromatic N) is 1. The van der Waals surface area contributed by atoms with Crippen molar-refractivity contribution in [1.29, 1.82) is 0 Å². The number of carbonyl (C=O) groups is 1. The monoisotopic (exact) mass is 324 g/mol. The number of carbonyl (C=O) groups excluding carboxylic acids is 1. The van der Waals surface area contributed by atoms with Crippen LogP contribution in [0.25, 0.3) is 0 Å². The van der Waals surface area contributed by atoms with Crippen molar-refractivity contribution in [2.24, 2.45) is 5.92 Å². The van der Waals surface area contributed by atoms with Crippen LogP contribution >= 0.6 is 11.6 Å². The van der Waals surface area contributed by atoms with E-state index in [2.05, 4.69) is 17.3 Å². The molecule has 22 heavy (non-hydrogen) atoms. The molecule has 1 aliphatic heterocycles. The van der Waals surface area contributed by atoms with Crippen LogP contribution in [-0.2, 0) is 10.3 Å². The Morgan fingerprint density at radius 1 is 1.45 bits per heavy atom. The van der Waals surface area contributed by atoms with Crippen LogP contribution in [0.2, 0.25) is 5.02 Å². The van der Waals surface area contributed by atoms with Gasteiger partial charge in [-0.3, -0.25) is 4.79 Å². The molecule has 0 aromatic heterocycles. The highest BCUT2D eigenvalue weighted by Gasteiger charge is 2.31. The van der Waals surface area contributed by atoms with Crippen LogP contribution in [0, 0.1) is 5.92 Å². The molecular weight excluding hydrogens is 300 g/mol. The molecule has 122 valence electrons. The van der Waals surface area contributed by atoms with E-state index in [0.29, 0.717) is 5.02 Å². The SMILES string of the molecule is COc1ccc(Cl)cc1C(C)(C)NC(=O)C1CCCN(C)C1. The van der Waals surface area contributed by atoms with Gasteiger partial charge >= 0.3 is 0 Å². The van der Waals surface area contributed by atoms with Crippen LogP contribution in [0.4, 0.5) is 0 Å². The van der Waals surface area contributed by atoms with Crippen LogP contribution in [0.15, 0.2) is 18.2 Å². The Bertz CT molecular complexity index is 545. The molecule has 1 aromatic rings. The first-order chi connectivity index (χ1) is 10.3. The zero-order valence-electron chi connectivity index (χ0n) is 13.8. The van der Waals surface area contributed by atoms with Crippen LogP contribution in [0.1, 0.15) is 32.3 Å². The molecule has 0 saturated carbocycles. The predicted molar refractivity (Wildman–Crippen MR) is 89.4 cm³/mol. The number of ether oxygens (including phenoxy) is 1. The second-order valence-corrected chi connectivity index (χ2v) is 7.00. The van der Waals surface area contributed by atoms with E-state index in [0.717, 1.165) is 37.2 Å². The average molecular weight is 325 g/mol. The van der Waals surface area contributed by atoms with Gasteiger partial charge in [0.2, 0.25) is 5.91 Å². The van der Waals surface area contributed by atoms with E-state index in [1.54, 1.807) is 13.2 Å². The molecule has 1 saturated heterocycles. The third-order valence-corrected chi connectivity index (χ3v) is 4.50. The summed E-state index contributed by atoms with van der Waals surface area (Å²) in [5.74, 6) is 0.872. The molecule has 1 fully saturated rings. The predicted octanol–water partition coefficient (Wildman–Crippen LogP) is 3.04. The Morgan fingerprint density at radius 2 is 2.18 bits per heavy atom. The maximum Gasteiger partial charge on any atom is 0.225 e. The summed E-state index contributed by atoms with van der Waals surface area (Å²) in [4.78, 5) is 14.8. The highest BCUT2D eigenvalue weighted by molar-refractivity contribution is 6.30. The summed E-state index contributed by atoms with van der Waals surface area (Å²) in [5, 5.41) is 3.80. The average Bonchev–Trinajstić information content (AvgIpc) is 2.46. The Hall–Kier alpha value is -1.26. The minimum absolute atomic E-state index is 0.0446. The Kier molecular flexibility index (Phi) is 5.35. The minimum atomic E-state index is -0.538. The van der Waals surface area contributed by atoms with E-state index in [-0.39, 0.29) is 11.8 Å². The number of hydrogen-bond acceptors (Lipinski definition) is 3. The van der Waals surface area contributed by atoms with Crippen LogP contribution in [0.5, 0.6) is 5.75 Å². The fraction of sp³-hybridized carbons (Fsp3) is 0.588. The summed E-state index contributed by atoms with van der Waals surface area (Å²) in [6, 6.07) is 5.48. The van der Waals surface area contributed by atoms with Crippen LogP contribution in [0.3, 0.4) is 0 Å². The smallest absolute Gasteiger partial charge is 0.225 e. The maximum atomic E-state index is 12.6. The first-order valence-electron chi connectivity index (χ1n) is 7.68. The number of amides is 1. The van der Waals surface area contributed by atoms with Gasteiger partial charge in [0.1, 0.15) is 5.75 Å². The number of nitrogens with one attached hydrogen (secondary N) is 1. The normalized spacial score (nSPS) is 19.8. The lowest BCUT2D eigenvalue weighted by Crippen LogP contribution is -2.48. The first kappa shape index (κ1) is 17.1. The zero-order valence-corrected chi connectivity index (χ0v) is 14.5. The number of likely N-dealkylation sites (tertiary alicyclic amines) is 1. The lowest BCUT2D eigenvalue weighted by atomic mass is 9.90. The molecule has 0 radical (unpaired) electrons. The number of rotatable bonds is 4. The van der Waals surface area contributed by atoms with Crippen molar-refractivity contribution < 1.29 is 9.53 Å². The third kappa shape index (κ3) is 3.93. The van der Waals surface area contributed by atoms with Crippen molar-refractivity contribution in [3.8, 4) is 5.75 Å². The van der Waals surface area contributed by atoms with Crippen LogP contribution in [-0.4, -0.2) is 38.1 Å². The number of hydrogen-bond donors (Lipinski definition) is 1. The molecule has 1 aromatic carbocycles. The fourth-order valence-corrected chi connectivity index (χ4v) is 3.20. The Morgan fingerprint density at radius 3 is 2.82 bits per heavy atom. The summed E-state index contributed by atoms with van der Waals surface area (Å²) in [6.07, 6.45) is 2.01. The van der Waals surface area contributed by atoms with Gasteiger partial charge in [-0.25, -0.2) is 0 Å².